The minimum atomic E-state index is -3.26. The fourth-order valence-corrected chi connectivity index (χ4v) is 5.27. The van der Waals surface area contributed by atoms with Crippen LogP contribution in [0.4, 0.5) is 4.39 Å². The summed E-state index contributed by atoms with van der Waals surface area (Å²) in [6, 6.07) is 13.3. The SMILES string of the molecule is O=C(c1cc2ccccc2oc1=O)N(Cc1ccc(F)cc1)[C@@H]1CCS(=O)(=O)C1. The Hall–Kier alpha value is -3.00. The highest BCUT2D eigenvalue weighted by molar-refractivity contribution is 7.91. The Morgan fingerprint density at radius 3 is 2.55 bits per heavy atom. The van der Waals surface area contributed by atoms with Crippen LogP contribution in [0.1, 0.15) is 22.3 Å². The second-order valence-electron chi connectivity index (χ2n) is 7.10. The quantitative estimate of drug-likeness (QED) is 0.612. The fourth-order valence-electron chi connectivity index (χ4n) is 3.54. The molecule has 0 N–H and O–H groups in total. The van der Waals surface area contributed by atoms with E-state index < -0.39 is 33.2 Å². The van der Waals surface area contributed by atoms with E-state index in [2.05, 4.69) is 0 Å². The molecule has 1 atom stereocenters. The molecule has 0 spiro atoms. The van der Waals surface area contributed by atoms with Crippen molar-refractivity contribution in [3.05, 3.63) is 82.0 Å². The van der Waals surface area contributed by atoms with Crippen molar-refractivity contribution in [2.24, 2.45) is 0 Å². The van der Waals surface area contributed by atoms with Gasteiger partial charge in [0.25, 0.3) is 5.91 Å². The lowest BCUT2D eigenvalue weighted by molar-refractivity contribution is 0.0676. The van der Waals surface area contributed by atoms with Crippen LogP contribution in [0.3, 0.4) is 0 Å². The summed E-state index contributed by atoms with van der Waals surface area (Å²) in [4.78, 5) is 27.1. The van der Waals surface area contributed by atoms with Crippen molar-refractivity contribution in [2.75, 3.05) is 11.5 Å². The van der Waals surface area contributed by atoms with Crippen LogP contribution in [0.5, 0.6) is 0 Å². The largest absolute Gasteiger partial charge is 0.422 e. The molecule has 4 rings (SSSR count). The Bertz CT molecular complexity index is 1230. The average Bonchev–Trinajstić information content (AvgIpc) is 3.06. The van der Waals surface area contributed by atoms with Crippen LogP contribution in [-0.4, -0.2) is 36.8 Å². The molecule has 1 saturated heterocycles. The first-order valence-electron chi connectivity index (χ1n) is 9.11. The number of rotatable bonds is 4. The van der Waals surface area contributed by atoms with Gasteiger partial charge in [-0.1, -0.05) is 30.3 Å². The van der Waals surface area contributed by atoms with E-state index in [-0.39, 0.29) is 30.0 Å². The minimum Gasteiger partial charge on any atom is -0.422 e. The van der Waals surface area contributed by atoms with Gasteiger partial charge in [-0.25, -0.2) is 17.6 Å². The van der Waals surface area contributed by atoms with Gasteiger partial charge in [0.1, 0.15) is 17.0 Å². The second kappa shape index (κ2) is 7.44. The van der Waals surface area contributed by atoms with Gasteiger partial charge in [-0.2, -0.15) is 0 Å². The molecule has 1 amide bonds. The van der Waals surface area contributed by atoms with Crippen LogP contribution >= 0.6 is 0 Å². The molecule has 8 heteroatoms. The van der Waals surface area contributed by atoms with Gasteiger partial charge >= 0.3 is 5.63 Å². The Balaban J connectivity index is 1.73. The molecule has 0 bridgehead atoms. The van der Waals surface area contributed by atoms with Crippen LogP contribution in [0.15, 0.2) is 63.8 Å². The third-order valence-electron chi connectivity index (χ3n) is 5.05. The Morgan fingerprint density at radius 2 is 1.86 bits per heavy atom. The summed E-state index contributed by atoms with van der Waals surface area (Å²) in [6.07, 6.45) is 0.286. The molecule has 2 aromatic carbocycles. The van der Waals surface area contributed by atoms with Gasteiger partial charge in [0.2, 0.25) is 0 Å². The van der Waals surface area contributed by atoms with Crippen molar-refractivity contribution in [3.63, 3.8) is 0 Å². The lowest BCUT2D eigenvalue weighted by atomic mass is 10.1. The molecule has 3 aromatic rings. The third kappa shape index (κ3) is 4.07. The predicted octanol–water partition coefficient (Wildman–Crippen LogP) is 2.76. The second-order valence-corrected chi connectivity index (χ2v) is 9.33. The smallest absolute Gasteiger partial charge is 0.349 e. The molecule has 0 radical (unpaired) electrons. The third-order valence-corrected chi connectivity index (χ3v) is 6.80. The molecule has 1 fully saturated rings. The van der Waals surface area contributed by atoms with Gasteiger partial charge in [0.15, 0.2) is 9.84 Å². The van der Waals surface area contributed by atoms with Gasteiger partial charge in [-0.15, -0.1) is 0 Å². The van der Waals surface area contributed by atoms with Gasteiger partial charge < -0.3 is 9.32 Å². The zero-order valence-corrected chi connectivity index (χ0v) is 16.2. The summed E-state index contributed by atoms with van der Waals surface area (Å²) in [5.41, 5.74) is 0.0607. The average molecular weight is 415 g/mol. The Labute approximate surface area is 166 Å². The summed E-state index contributed by atoms with van der Waals surface area (Å²) >= 11 is 0. The van der Waals surface area contributed by atoms with Crippen molar-refractivity contribution in [1.82, 2.24) is 4.90 Å². The summed E-state index contributed by atoms with van der Waals surface area (Å²) < 4.78 is 42.5. The number of benzene rings is 2. The lowest BCUT2D eigenvalue weighted by Gasteiger charge is -2.28. The van der Waals surface area contributed by atoms with E-state index in [4.69, 9.17) is 4.42 Å². The lowest BCUT2D eigenvalue weighted by Crippen LogP contribution is -2.42. The maximum atomic E-state index is 13.3. The first kappa shape index (κ1) is 19.3. The first-order valence-corrected chi connectivity index (χ1v) is 10.9. The van der Waals surface area contributed by atoms with E-state index in [9.17, 15) is 22.4 Å². The van der Waals surface area contributed by atoms with E-state index in [0.717, 1.165) is 0 Å². The molecule has 150 valence electrons. The Kier molecular flexibility index (Phi) is 4.96. The molecule has 0 unspecified atom stereocenters. The maximum Gasteiger partial charge on any atom is 0.349 e. The minimum absolute atomic E-state index is 0.0167. The van der Waals surface area contributed by atoms with E-state index in [1.54, 1.807) is 24.3 Å². The Morgan fingerprint density at radius 1 is 1.14 bits per heavy atom. The standard InChI is InChI=1S/C21H18FNO5S/c22-16-7-5-14(6-8-16)12-23(17-9-10-29(26,27)13-17)20(24)18-11-15-3-1-2-4-19(15)28-21(18)25/h1-8,11,17H,9-10,12-13H2/t17-/m1/s1. The van der Waals surface area contributed by atoms with Crippen LogP contribution in [0.25, 0.3) is 11.0 Å². The van der Waals surface area contributed by atoms with Crippen LogP contribution in [0, 0.1) is 5.82 Å². The maximum absolute atomic E-state index is 13.3. The van der Waals surface area contributed by atoms with Gasteiger partial charge in [0.05, 0.1) is 11.5 Å². The zero-order valence-electron chi connectivity index (χ0n) is 15.4. The number of sulfone groups is 1. The summed E-state index contributed by atoms with van der Waals surface area (Å²) in [5, 5.41) is 0.594. The van der Waals surface area contributed by atoms with Crippen molar-refractivity contribution in [3.8, 4) is 0 Å². The topological polar surface area (TPSA) is 84.7 Å². The summed E-state index contributed by atoms with van der Waals surface area (Å²) in [7, 11) is -3.26. The number of hydrogen-bond donors (Lipinski definition) is 0. The first-order chi connectivity index (χ1) is 13.8. The highest BCUT2D eigenvalue weighted by atomic mass is 32.2. The molecular formula is C21H18FNO5S. The van der Waals surface area contributed by atoms with Crippen LogP contribution < -0.4 is 5.63 Å². The highest BCUT2D eigenvalue weighted by Gasteiger charge is 2.36. The number of nitrogens with zero attached hydrogens (tertiary/aromatic N) is 1. The van der Waals surface area contributed by atoms with Gasteiger partial charge in [-0.05, 0) is 36.2 Å². The molecule has 1 aliphatic rings. The fraction of sp³-hybridized carbons (Fsp3) is 0.238. The molecular weight excluding hydrogens is 397 g/mol. The molecule has 0 saturated carbocycles. The number of para-hydroxylation sites is 1. The number of carbonyl (C=O) groups excluding carboxylic acids is 1. The predicted molar refractivity (Wildman–Crippen MR) is 106 cm³/mol. The number of halogens is 1. The number of hydrogen-bond acceptors (Lipinski definition) is 5. The molecule has 2 heterocycles. The van der Waals surface area contributed by atoms with Crippen molar-refractivity contribution in [2.45, 2.75) is 19.0 Å². The molecule has 29 heavy (non-hydrogen) atoms. The van der Waals surface area contributed by atoms with Crippen LogP contribution in [0.2, 0.25) is 0 Å². The molecule has 6 nitrogen and oxygen atoms in total. The van der Waals surface area contributed by atoms with Crippen molar-refractivity contribution in [1.29, 1.82) is 0 Å². The number of carbonyl (C=O) groups is 1. The normalized spacial score (nSPS) is 18.0. The zero-order chi connectivity index (χ0) is 20.6. The van der Waals surface area contributed by atoms with E-state index in [0.29, 0.717) is 16.5 Å². The van der Waals surface area contributed by atoms with E-state index >= 15 is 0 Å². The van der Waals surface area contributed by atoms with Crippen molar-refractivity contribution < 1.29 is 22.0 Å². The highest BCUT2D eigenvalue weighted by Crippen LogP contribution is 2.23. The van der Waals surface area contributed by atoms with E-state index in [1.165, 1.54) is 35.2 Å². The molecule has 1 aliphatic heterocycles. The molecule has 0 aliphatic carbocycles. The number of amides is 1. The molecule has 1 aromatic heterocycles. The monoisotopic (exact) mass is 415 g/mol. The summed E-state index contributed by atoms with van der Waals surface area (Å²) in [6.45, 7) is 0.0611. The summed E-state index contributed by atoms with van der Waals surface area (Å²) in [5.74, 6) is -1.20. The van der Waals surface area contributed by atoms with Gasteiger partial charge in [-0.3, -0.25) is 4.79 Å². The van der Waals surface area contributed by atoms with Crippen molar-refractivity contribution >= 4 is 26.7 Å². The number of fused-ring (bicyclic) bond motifs is 1. The van der Waals surface area contributed by atoms with E-state index in [1.807, 2.05) is 0 Å². The van der Waals surface area contributed by atoms with Crippen LogP contribution in [-0.2, 0) is 16.4 Å². The van der Waals surface area contributed by atoms with Gasteiger partial charge in [0, 0.05) is 18.0 Å².